The summed E-state index contributed by atoms with van der Waals surface area (Å²) in [5, 5.41) is 7.37. The second-order valence-corrected chi connectivity index (χ2v) is 9.84. The van der Waals surface area contributed by atoms with Crippen LogP contribution in [0.1, 0.15) is 30.5 Å². The van der Waals surface area contributed by atoms with Gasteiger partial charge in [-0.3, -0.25) is 4.79 Å². The third-order valence-corrected chi connectivity index (χ3v) is 6.88. The van der Waals surface area contributed by atoms with Crippen molar-refractivity contribution < 1.29 is 14.3 Å². The van der Waals surface area contributed by atoms with Crippen molar-refractivity contribution in [2.45, 2.75) is 32.4 Å². The number of carbonyl (C=O) groups excluding carboxylic acids is 1. The predicted molar refractivity (Wildman–Crippen MR) is 145 cm³/mol. The minimum absolute atomic E-state index is 0.144. The van der Waals surface area contributed by atoms with Gasteiger partial charge in [0.1, 0.15) is 6.61 Å². The van der Waals surface area contributed by atoms with Crippen LogP contribution in [0.3, 0.4) is 0 Å². The van der Waals surface area contributed by atoms with E-state index in [1.54, 1.807) is 12.1 Å². The molecule has 0 saturated carbocycles. The lowest BCUT2D eigenvalue weighted by atomic mass is 10.1. The van der Waals surface area contributed by atoms with Crippen molar-refractivity contribution in [1.29, 1.82) is 0 Å². The molecule has 35 heavy (non-hydrogen) atoms. The van der Waals surface area contributed by atoms with Crippen LogP contribution in [-0.2, 0) is 17.8 Å². The van der Waals surface area contributed by atoms with Gasteiger partial charge in [-0.2, -0.15) is 0 Å². The Morgan fingerprint density at radius 3 is 2.40 bits per heavy atom. The van der Waals surface area contributed by atoms with E-state index >= 15 is 0 Å². The van der Waals surface area contributed by atoms with Gasteiger partial charge in [-0.1, -0.05) is 66.2 Å². The molecule has 1 saturated heterocycles. The lowest BCUT2D eigenvalue weighted by Gasteiger charge is -2.15. The van der Waals surface area contributed by atoms with Crippen LogP contribution in [0.5, 0.6) is 11.5 Å². The SMILES string of the molecule is CCOc1cc(/C=C2\S[C@@H](Nc3ccc(CC)cc3)NC2=O)cc(Cl)c1OCc1ccc(Cl)cc1. The topological polar surface area (TPSA) is 59.6 Å². The highest BCUT2D eigenvalue weighted by molar-refractivity contribution is 8.05. The summed E-state index contributed by atoms with van der Waals surface area (Å²) in [5.74, 6) is 0.842. The molecule has 1 aliphatic rings. The molecule has 0 radical (unpaired) electrons. The summed E-state index contributed by atoms with van der Waals surface area (Å²) in [4.78, 5) is 13.2. The minimum Gasteiger partial charge on any atom is -0.490 e. The molecule has 0 aromatic heterocycles. The standard InChI is InChI=1S/C27H26Cl2N2O3S/c1-3-17-7-11-21(12-8-17)30-27-31-26(32)24(35-27)15-19-13-22(29)25(23(14-19)33-4-2)34-16-18-5-9-20(28)10-6-18/h5-15,27,30H,3-4,16H2,1-2H3,(H,31,32)/b24-15-/t27-/m0/s1. The highest BCUT2D eigenvalue weighted by Gasteiger charge is 2.27. The summed E-state index contributed by atoms with van der Waals surface area (Å²) >= 11 is 13.9. The molecule has 2 N–H and O–H groups in total. The maximum Gasteiger partial charge on any atom is 0.260 e. The number of hydrogen-bond donors (Lipinski definition) is 2. The van der Waals surface area contributed by atoms with Gasteiger partial charge >= 0.3 is 0 Å². The number of hydrogen-bond acceptors (Lipinski definition) is 5. The molecule has 1 aliphatic heterocycles. The van der Waals surface area contributed by atoms with Crippen LogP contribution in [0, 0.1) is 0 Å². The lowest BCUT2D eigenvalue weighted by Crippen LogP contribution is -2.30. The molecule has 0 spiro atoms. The molecule has 0 aliphatic carbocycles. The summed E-state index contributed by atoms with van der Waals surface area (Å²) in [5.41, 5.74) is 3.67. The Bertz CT molecular complexity index is 1210. The predicted octanol–water partition coefficient (Wildman–Crippen LogP) is 7.13. The molecule has 0 unspecified atom stereocenters. The van der Waals surface area contributed by atoms with E-state index in [0.29, 0.717) is 39.7 Å². The number of rotatable bonds is 9. The van der Waals surface area contributed by atoms with Crippen LogP contribution < -0.4 is 20.1 Å². The average molecular weight is 529 g/mol. The molecule has 3 aromatic carbocycles. The van der Waals surface area contributed by atoms with Crippen LogP contribution >= 0.6 is 35.0 Å². The maximum atomic E-state index is 12.6. The van der Waals surface area contributed by atoms with E-state index in [0.717, 1.165) is 23.2 Å². The zero-order chi connectivity index (χ0) is 24.8. The van der Waals surface area contributed by atoms with Crippen molar-refractivity contribution in [3.8, 4) is 11.5 Å². The Hall–Kier alpha value is -2.80. The fourth-order valence-corrected chi connectivity index (χ4v) is 4.90. The smallest absolute Gasteiger partial charge is 0.260 e. The Morgan fingerprint density at radius 2 is 1.71 bits per heavy atom. The van der Waals surface area contributed by atoms with Crippen molar-refractivity contribution in [3.05, 3.63) is 92.3 Å². The number of aryl methyl sites for hydroxylation is 1. The van der Waals surface area contributed by atoms with Gasteiger partial charge in [-0.25, -0.2) is 0 Å². The number of nitrogens with one attached hydrogen (secondary N) is 2. The summed E-state index contributed by atoms with van der Waals surface area (Å²) < 4.78 is 11.8. The molecule has 182 valence electrons. The number of thioether (sulfide) groups is 1. The summed E-state index contributed by atoms with van der Waals surface area (Å²) in [7, 11) is 0. The van der Waals surface area contributed by atoms with Crippen LogP contribution in [0.2, 0.25) is 10.0 Å². The van der Waals surface area contributed by atoms with Crippen LogP contribution in [0.25, 0.3) is 6.08 Å². The molecule has 8 heteroatoms. The first-order valence-corrected chi connectivity index (χ1v) is 13.0. The molecule has 1 atom stereocenters. The number of amides is 1. The van der Waals surface area contributed by atoms with E-state index in [2.05, 4.69) is 29.7 Å². The zero-order valence-electron chi connectivity index (χ0n) is 19.4. The van der Waals surface area contributed by atoms with Gasteiger partial charge in [-0.15, -0.1) is 0 Å². The molecule has 1 amide bonds. The average Bonchev–Trinajstić information content (AvgIpc) is 3.18. The third kappa shape index (κ3) is 6.66. The first kappa shape index (κ1) is 25.3. The highest BCUT2D eigenvalue weighted by atomic mass is 35.5. The first-order chi connectivity index (χ1) is 16.9. The quantitative estimate of drug-likeness (QED) is 0.289. The van der Waals surface area contributed by atoms with E-state index in [1.165, 1.54) is 17.3 Å². The summed E-state index contributed by atoms with van der Waals surface area (Å²) in [6.45, 7) is 4.79. The summed E-state index contributed by atoms with van der Waals surface area (Å²) in [6, 6.07) is 19.2. The number of anilines is 1. The molecule has 4 rings (SSSR count). The molecular weight excluding hydrogens is 503 g/mol. The molecular formula is C27H26Cl2N2O3S. The number of ether oxygens (including phenoxy) is 2. The van der Waals surface area contributed by atoms with Gasteiger partial charge in [0, 0.05) is 10.7 Å². The minimum atomic E-state index is -0.259. The van der Waals surface area contributed by atoms with E-state index in [-0.39, 0.29) is 11.4 Å². The van der Waals surface area contributed by atoms with E-state index in [4.69, 9.17) is 32.7 Å². The normalized spacial score (nSPS) is 16.3. The van der Waals surface area contributed by atoms with E-state index in [9.17, 15) is 4.79 Å². The highest BCUT2D eigenvalue weighted by Crippen LogP contribution is 2.39. The largest absolute Gasteiger partial charge is 0.490 e. The van der Waals surface area contributed by atoms with Gasteiger partial charge < -0.3 is 20.1 Å². The van der Waals surface area contributed by atoms with Gasteiger partial charge in [0.15, 0.2) is 17.0 Å². The van der Waals surface area contributed by atoms with Gasteiger partial charge in [0.2, 0.25) is 0 Å². The van der Waals surface area contributed by atoms with Crippen molar-refractivity contribution >= 4 is 52.6 Å². The van der Waals surface area contributed by atoms with E-state index in [1.807, 2.05) is 49.4 Å². The Kier molecular flexibility index (Phi) is 8.50. The van der Waals surface area contributed by atoms with Crippen LogP contribution in [0.15, 0.2) is 65.6 Å². The molecule has 1 heterocycles. The van der Waals surface area contributed by atoms with Crippen molar-refractivity contribution in [2.75, 3.05) is 11.9 Å². The lowest BCUT2D eigenvalue weighted by molar-refractivity contribution is -0.116. The second-order valence-electron chi connectivity index (χ2n) is 7.85. The van der Waals surface area contributed by atoms with Gasteiger partial charge in [0.05, 0.1) is 16.5 Å². The molecule has 5 nitrogen and oxygen atoms in total. The Labute approximate surface area is 219 Å². The Morgan fingerprint density at radius 1 is 1.00 bits per heavy atom. The molecule has 3 aromatic rings. The zero-order valence-corrected chi connectivity index (χ0v) is 21.8. The number of halogens is 2. The molecule has 1 fully saturated rings. The number of carbonyl (C=O) groups is 1. The van der Waals surface area contributed by atoms with E-state index < -0.39 is 0 Å². The monoisotopic (exact) mass is 528 g/mol. The Balaban J connectivity index is 1.48. The first-order valence-electron chi connectivity index (χ1n) is 11.3. The summed E-state index contributed by atoms with van der Waals surface area (Å²) in [6.07, 6.45) is 2.79. The second kappa shape index (κ2) is 11.8. The van der Waals surface area contributed by atoms with Crippen LogP contribution in [0.4, 0.5) is 5.69 Å². The van der Waals surface area contributed by atoms with Crippen molar-refractivity contribution in [2.24, 2.45) is 0 Å². The maximum absolute atomic E-state index is 12.6. The van der Waals surface area contributed by atoms with Gasteiger partial charge in [0.25, 0.3) is 5.91 Å². The fourth-order valence-electron chi connectivity index (χ4n) is 3.52. The molecule has 0 bridgehead atoms. The van der Waals surface area contributed by atoms with Crippen LogP contribution in [-0.4, -0.2) is 18.0 Å². The third-order valence-electron chi connectivity index (χ3n) is 5.32. The fraction of sp³-hybridized carbons (Fsp3) is 0.222. The van der Waals surface area contributed by atoms with Gasteiger partial charge in [-0.05, 0) is 72.5 Å². The van der Waals surface area contributed by atoms with Crippen molar-refractivity contribution in [3.63, 3.8) is 0 Å². The van der Waals surface area contributed by atoms with Crippen molar-refractivity contribution in [1.82, 2.24) is 5.32 Å². The number of benzene rings is 3.